The highest BCUT2D eigenvalue weighted by molar-refractivity contribution is 9.10. The maximum atomic E-state index is 11.8. The molecule has 9 heavy (non-hydrogen) atoms. The zero-order valence-electron chi connectivity index (χ0n) is 4.50. The molecule has 0 bridgehead atoms. The summed E-state index contributed by atoms with van der Waals surface area (Å²) in [5.41, 5.74) is 0. The number of alkyl halides is 4. The fourth-order valence-corrected chi connectivity index (χ4v) is 0.838. The Labute approximate surface area is 64.5 Å². The van der Waals surface area contributed by atoms with E-state index in [1.54, 1.807) is 0 Å². The van der Waals surface area contributed by atoms with Crippen LogP contribution in [0, 0.1) is 0 Å². The van der Waals surface area contributed by atoms with Crippen molar-refractivity contribution in [1.82, 2.24) is 0 Å². The first-order chi connectivity index (χ1) is 3.85. The van der Waals surface area contributed by atoms with Gasteiger partial charge in [-0.3, -0.25) is 4.79 Å². The molecule has 1 nitrogen and oxygen atoms in total. The number of carbonyl (C=O) groups is 1. The zero-order chi connectivity index (χ0) is 7.65. The van der Waals surface area contributed by atoms with E-state index in [0.717, 1.165) is 0 Å². The van der Waals surface area contributed by atoms with E-state index >= 15 is 0 Å². The highest BCUT2D eigenvalue weighted by Gasteiger charge is 2.37. The van der Waals surface area contributed by atoms with Crippen LogP contribution < -0.4 is 0 Å². The summed E-state index contributed by atoms with van der Waals surface area (Å²) in [6.07, 6.45) is 0. The summed E-state index contributed by atoms with van der Waals surface area (Å²) in [5, 5.41) is -1.15. The van der Waals surface area contributed by atoms with Gasteiger partial charge >= 0.3 is 4.83 Å². The summed E-state index contributed by atoms with van der Waals surface area (Å²) in [4.78, 5) is 6.76. The van der Waals surface area contributed by atoms with Gasteiger partial charge in [0.25, 0.3) is 0 Å². The minimum atomic E-state index is -3.48. The quantitative estimate of drug-likeness (QED) is 0.653. The maximum absolute atomic E-state index is 11.8. The molecule has 1 unspecified atom stereocenters. The largest absolute Gasteiger partial charge is 0.360 e. The van der Waals surface area contributed by atoms with Crippen molar-refractivity contribution in [2.75, 3.05) is 0 Å². The van der Waals surface area contributed by atoms with E-state index in [0.29, 0.717) is 0 Å². The number of ketones is 1. The Balaban J connectivity index is 4.06. The lowest BCUT2D eigenvalue weighted by atomic mass is 10.3. The van der Waals surface area contributed by atoms with Crippen molar-refractivity contribution in [1.29, 1.82) is 0 Å². The third kappa shape index (κ3) is 3.11. The molecule has 0 heterocycles. The minimum Gasteiger partial charge on any atom is -0.290 e. The second-order valence-electron chi connectivity index (χ2n) is 1.48. The van der Waals surface area contributed by atoms with Crippen LogP contribution in [-0.2, 0) is 4.79 Å². The molecule has 0 N–H and O–H groups in total. The summed E-state index contributed by atoms with van der Waals surface area (Å²) in [6.45, 7) is 1.19. The van der Waals surface area contributed by atoms with E-state index in [1.165, 1.54) is 6.92 Å². The number of carbonyl (C=O) groups excluding carboxylic acids is 1. The van der Waals surface area contributed by atoms with Gasteiger partial charge in [-0.2, -0.15) is 8.78 Å². The van der Waals surface area contributed by atoms with E-state index in [1.807, 2.05) is 15.9 Å². The van der Waals surface area contributed by atoms with Crippen LogP contribution in [0.25, 0.3) is 0 Å². The number of Topliss-reactive ketones (excluding diaryl/α,β-unsaturated/α-hetero) is 1. The fourth-order valence-electron chi connectivity index (χ4n) is 0.226. The third-order valence-corrected chi connectivity index (χ3v) is 1.23. The molecule has 54 valence electrons. The molecule has 0 aliphatic carbocycles. The Morgan fingerprint density at radius 3 is 2.11 bits per heavy atom. The first kappa shape index (κ1) is 9.30. The predicted molar refractivity (Wildman–Crippen MR) is 34.2 cm³/mol. The first-order valence-electron chi connectivity index (χ1n) is 2.11. The van der Waals surface area contributed by atoms with Crippen LogP contribution in [0.1, 0.15) is 6.92 Å². The Morgan fingerprint density at radius 1 is 1.78 bits per heavy atom. The van der Waals surface area contributed by atoms with Crippen LogP contribution in [0.15, 0.2) is 0 Å². The van der Waals surface area contributed by atoms with Crippen molar-refractivity contribution in [2.45, 2.75) is 17.1 Å². The molecule has 0 saturated carbocycles. The van der Waals surface area contributed by atoms with Crippen LogP contribution >= 0.6 is 27.5 Å². The molecule has 0 aromatic rings. The van der Waals surface area contributed by atoms with Crippen LogP contribution in [0.4, 0.5) is 8.78 Å². The van der Waals surface area contributed by atoms with E-state index in [4.69, 9.17) is 11.6 Å². The molecule has 0 radical (unpaired) electrons. The van der Waals surface area contributed by atoms with Gasteiger partial charge in [0.2, 0.25) is 5.78 Å². The number of hydrogen-bond acceptors (Lipinski definition) is 1. The number of rotatable bonds is 2. The van der Waals surface area contributed by atoms with E-state index < -0.39 is 16.0 Å². The van der Waals surface area contributed by atoms with Crippen LogP contribution in [0.3, 0.4) is 0 Å². The molecule has 0 aromatic heterocycles. The average molecular weight is 221 g/mol. The highest BCUT2D eigenvalue weighted by Crippen LogP contribution is 2.25. The van der Waals surface area contributed by atoms with Crippen molar-refractivity contribution in [2.24, 2.45) is 0 Å². The molecule has 0 aromatic carbocycles. The lowest BCUT2D eigenvalue weighted by Gasteiger charge is -2.06. The SMILES string of the molecule is CC(Cl)C(=O)C(F)(F)Br. The Morgan fingerprint density at radius 2 is 2.11 bits per heavy atom. The minimum absolute atomic E-state index is 1.15. The van der Waals surface area contributed by atoms with Gasteiger partial charge in [0.1, 0.15) is 0 Å². The summed E-state index contributed by atoms with van der Waals surface area (Å²) in [7, 11) is 0. The first-order valence-corrected chi connectivity index (χ1v) is 3.33. The molecule has 0 aliphatic rings. The fraction of sp³-hybridized carbons (Fsp3) is 0.750. The van der Waals surface area contributed by atoms with Crippen molar-refractivity contribution < 1.29 is 13.6 Å². The molecule has 1 atom stereocenters. The third-order valence-electron chi connectivity index (χ3n) is 0.641. The van der Waals surface area contributed by atoms with Crippen molar-refractivity contribution >= 4 is 33.3 Å². The predicted octanol–water partition coefficient (Wildman–Crippen LogP) is 2.17. The lowest BCUT2D eigenvalue weighted by Crippen LogP contribution is -2.27. The van der Waals surface area contributed by atoms with Gasteiger partial charge in [-0.25, -0.2) is 0 Å². The summed E-state index contributed by atoms with van der Waals surface area (Å²) in [5.74, 6) is -1.32. The van der Waals surface area contributed by atoms with E-state index in [2.05, 4.69) is 0 Å². The van der Waals surface area contributed by atoms with Gasteiger partial charge in [-0.05, 0) is 22.9 Å². The second kappa shape index (κ2) is 2.92. The van der Waals surface area contributed by atoms with Gasteiger partial charge in [-0.15, -0.1) is 11.6 Å². The molecular weight excluding hydrogens is 217 g/mol. The molecule has 0 fully saturated rings. The van der Waals surface area contributed by atoms with Crippen LogP contribution in [0.5, 0.6) is 0 Å². The molecule has 0 amide bonds. The smallest absolute Gasteiger partial charge is 0.290 e. The molecule has 5 heteroatoms. The van der Waals surface area contributed by atoms with Crippen LogP contribution in [-0.4, -0.2) is 16.0 Å². The van der Waals surface area contributed by atoms with Crippen molar-refractivity contribution in [3.05, 3.63) is 0 Å². The molecule has 0 spiro atoms. The normalized spacial score (nSPS) is 15.2. The van der Waals surface area contributed by atoms with E-state index in [-0.39, 0.29) is 0 Å². The average Bonchev–Trinajstić information content (AvgIpc) is 1.62. The number of halogens is 4. The van der Waals surface area contributed by atoms with Crippen LogP contribution in [0.2, 0.25) is 0 Å². The summed E-state index contributed by atoms with van der Waals surface area (Å²) in [6, 6.07) is 0. The molecular formula is C4H4BrClF2O. The second-order valence-corrected chi connectivity index (χ2v) is 3.13. The molecule has 0 saturated heterocycles. The van der Waals surface area contributed by atoms with E-state index in [9.17, 15) is 13.6 Å². The Bertz CT molecular complexity index is 120. The Kier molecular flexibility index (Phi) is 3.02. The standard InChI is InChI=1S/C4H4BrClF2O/c1-2(6)3(9)4(5,7)8/h2H,1H3. The molecule has 0 rings (SSSR count). The highest BCUT2D eigenvalue weighted by atomic mass is 79.9. The monoisotopic (exact) mass is 220 g/mol. The van der Waals surface area contributed by atoms with Gasteiger partial charge in [0, 0.05) is 0 Å². The van der Waals surface area contributed by atoms with Gasteiger partial charge in [0.05, 0.1) is 5.38 Å². The van der Waals surface area contributed by atoms with Crippen molar-refractivity contribution in [3.8, 4) is 0 Å². The lowest BCUT2D eigenvalue weighted by molar-refractivity contribution is -0.131. The topological polar surface area (TPSA) is 17.1 Å². The van der Waals surface area contributed by atoms with Gasteiger partial charge < -0.3 is 0 Å². The number of hydrogen-bond donors (Lipinski definition) is 0. The maximum Gasteiger partial charge on any atom is 0.360 e. The van der Waals surface area contributed by atoms with Crippen molar-refractivity contribution in [3.63, 3.8) is 0 Å². The summed E-state index contributed by atoms with van der Waals surface area (Å²) >= 11 is 6.93. The Hall–Kier alpha value is 0.300. The molecule has 0 aliphatic heterocycles. The van der Waals surface area contributed by atoms with Gasteiger partial charge in [0.15, 0.2) is 0 Å². The zero-order valence-corrected chi connectivity index (χ0v) is 6.84. The summed E-state index contributed by atoms with van der Waals surface area (Å²) < 4.78 is 23.7. The van der Waals surface area contributed by atoms with Gasteiger partial charge in [-0.1, -0.05) is 0 Å².